The average molecular weight is 1030 g/mol. The number of alkyl halides is 10. The maximum absolute atomic E-state index is 15.0. The lowest BCUT2D eigenvalue weighted by molar-refractivity contribution is -0.186. The minimum absolute atomic E-state index is 0.0287. The van der Waals surface area contributed by atoms with Gasteiger partial charge in [0.1, 0.15) is 36.2 Å². The first-order valence-corrected chi connectivity index (χ1v) is 22.8. The zero-order chi connectivity index (χ0) is 53.1. The van der Waals surface area contributed by atoms with Crippen molar-refractivity contribution in [1.29, 1.82) is 0 Å². The molecule has 0 atom stereocenters. The summed E-state index contributed by atoms with van der Waals surface area (Å²) in [5, 5.41) is 0. The zero-order valence-electron chi connectivity index (χ0n) is 39.0. The van der Waals surface area contributed by atoms with Gasteiger partial charge in [0.2, 0.25) is 0 Å². The van der Waals surface area contributed by atoms with Gasteiger partial charge >= 0.3 is 36.5 Å². The molecule has 0 aliphatic heterocycles. The van der Waals surface area contributed by atoms with Gasteiger partial charge in [-0.25, -0.2) is 9.59 Å². The monoisotopic (exact) mass is 1030 g/mol. The van der Waals surface area contributed by atoms with E-state index in [4.69, 9.17) is 39.9 Å². The van der Waals surface area contributed by atoms with Crippen molar-refractivity contribution >= 4 is 35.5 Å². The van der Waals surface area contributed by atoms with Gasteiger partial charge in [-0.1, -0.05) is 30.3 Å². The summed E-state index contributed by atoms with van der Waals surface area (Å²) in [5.41, 5.74) is 13.0. The lowest BCUT2D eigenvalue weighted by Crippen LogP contribution is -2.21. The highest BCUT2D eigenvalue weighted by molar-refractivity contribution is 5.87. The standard InChI is InChI=1S/C53H52F10N2O8/c54-50(55,56)29-3-1-5-31-68-42-22-13-39(14-23-42)52(60,61)72-44-18-7-36(8-19-44)11-27-48(66)70-34-38(46-26-17-41(64)33-47(46)65)35-71-49(67)28-12-37-9-20-45(21-10-37)73-53(62,63)40-15-24-43(25-16-40)69-32-6-2-4-30-51(57,58)59/h7-28,33,38H,1-6,29-32,34-35,64-65H2/b27-11+,28-12+. The summed E-state index contributed by atoms with van der Waals surface area (Å²) in [5.74, 6) is -2.18. The summed E-state index contributed by atoms with van der Waals surface area (Å²) in [7, 11) is 0. The molecule has 0 bridgehead atoms. The number of halogens is 10. The quantitative estimate of drug-likeness (QED) is 0.0172. The molecule has 0 spiro atoms. The van der Waals surface area contributed by atoms with Crippen LogP contribution in [0.4, 0.5) is 55.3 Å². The van der Waals surface area contributed by atoms with Crippen LogP contribution < -0.4 is 30.4 Å². The second-order valence-corrected chi connectivity index (χ2v) is 16.5. The van der Waals surface area contributed by atoms with Crippen molar-refractivity contribution in [3.05, 3.63) is 155 Å². The summed E-state index contributed by atoms with van der Waals surface area (Å²) < 4.78 is 165. The van der Waals surface area contributed by atoms with Gasteiger partial charge in [0, 0.05) is 36.4 Å². The van der Waals surface area contributed by atoms with Crippen LogP contribution in [0.1, 0.15) is 85.1 Å². The van der Waals surface area contributed by atoms with Crippen LogP contribution >= 0.6 is 0 Å². The van der Waals surface area contributed by atoms with E-state index in [0.717, 1.165) is 36.4 Å². The van der Waals surface area contributed by atoms with Gasteiger partial charge in [-0.05, 0) is 152 Å². The summed E-state index contributed by atoms with van der Waals surface area (Å²) in [4.78, 5) is 25.6. The minimum Gasteiger partial charge on any atom is -0.494 e. The molecule has 5 aromatic rings. The molecule has 0 aliphatic rings. The van der Waals surface area contributed by atoms with E-state index >= 15 is 0 Å². The van der Waals surface area contributed by atoms with Gasteiger partial charge in [0.15, 0.2) is 0 Å². The number of rotatable bonds is 27. The predicted molar refractivity (Wildman–Crippen MR) is 253 cm³/mol. The maximum atomic E-state index is 15.0. The molecule has 0 saturated heterocycles. The molecule has 0 heterocycles. The Morgan fingerprint density at radius 2 is 0.863 bits per heavy atom. The first-order chi connectivity index (χ1) is 34.5. The van der Waals surface area contributed by atoms with Crippen molar-refractivity contribution in [2.24, 2.45) is 0 Å². The lowest BCUT2D eigenvalue weighted by Gasteiger charge is -2.19. The Kier molecular flexibility index (Phi) is 20.4. The van der Waals surface area contributed by atoms with Crippen LogP contribution in [0.2, 0.25) is 0 Å². The molecule has 0 saturated carbocycles. The second-order valence-electron chi connectivity index (χ2n) is 16.5. The van der Waals surface area contributed by atoms with Gasteiger partial charge in [0.05, 0.1) is 30.3 Å². The largest absolute Gasteiger partial charge is 0.494 e. The molecular formula is C53H52F10N2O8. The van der Waals surface area contributed by atoms with Gasteiger partial charge in [0.25, 0.3) is 0 Å². The van der Waals surface area contributed by atoms with E-state index < -0.39 is 66.4 Å². The molecule has 73 heavy (non-hydrogen) atoms. The highest BCUT2D eigenvalue weighted by Gasteiger charge is 2.36. The molecule has 0 aromatic heterocycles. The van der Waals surface area contributed by atoms with E-state index in [9.17, 15) is 53.5 Å². The molecule has 5 rings (SSSR count). The molecular weight excluding hydrogens is 983 g/mol. The summed E-state index contributed by atoms with van der Waals surface area (Å²) in [6, 6.07) is 25.1. The number of carbonyl (C=O) groups excluding carboxylic acids is 2. The number of nitrogen functional groups attached to an aromatic ring is 2. The second kappa shape index (κ2) is 26.4. The summed E-state index contributed by atoms with van der Waals surface area (Å²) in [6.07, 6.45) is -11.4. The van der Waals surface area contributed by atoms with Gasteiger partial charge in [-0.2, -0.15) is 43.9 Å². The Labute approximate surface area is 414 Å². The van der Waals surface area contributed by atoms with Crippen LogP contribution in [0, 0.1) is 0 Å². The first-order valence-electron chi connectivity index (χ1n) is 22.8. The topological polar surface area (TPSA) is 142 Å². The van der Waals surface area contributed by atoms with Crippen LogP contribution in [-0.4, -0.2) is 50.7 Å². The third kappa shape index (κ3) is 20.3. The Morgan fingerprint density at radius 3 is 1.23 bits per heavy atom. The Bertz CT molecular complexity index is 2420. The Morgan fingerprint density at radius 1 is 0.479 bits per heavy atom. The third-order valence-corrected chi connectivity index (χ3v) is 10.6. The van der Waals surface area contributed by atoms with Crippen molar-refractivity contribution in [3.63, 3.8) is 0 Å². The molecule has 10 nitrogen and oxygen atoms in total. The van der Waals surface area contributed by atoms with Crippen molar-refractivity contribution in [2.75, 3.05) is 37.9 Å². The number of hydrogen-bond acceptors (Lipinski definition) is 10. The molecule has 4 N–H and O–H groups in total. The Balaban J connectivity index is 1.07. The van der Waals surface area contributed by atoms with Crippen LogP contribution in [0.25, 0.3) is 12.2 Å². The van der Waals surface area contributed by atoms with E-state index in [2.05, 4.69) is 0 Å². The molecule has 0 fully saturated rings. The summed E-state index contributed by atoms with van der Waals surface area (Å²) in [6.45, 7) is -0.336. The van der Waals surface area contributed by atoms with Gasteiger partial charge < -0.3 is 39.9 Å². The number of nitrogens with two attached hydrogens (primary N) is 2. The molecule has 0 aliphatic carbocycles. The first kappa shape index (κ1) is 56.5. The number of ether oxygens (including phenoxy) is 6. The van der Waals surface area contributed by atoms with E-state index in [-0.39, 0.29) is 68.0 Å². The van der Waals surface area contributed by atoms with Crippen molar-refractivity contribution in [3.8, 4) is 23.0 Å². The minimum atomic E-state index is -4.22. The van der Waals surface area contributed by atoms with Crippen LogP contribution in [-0.2, 0) is 31.3 Å². The molecule has 0 radical (unpaired) electrons. The van der Waals surface area contributed by atoms with Crippen molar-refractivity contribution in [2.45, 2.75) is 81.9 Å². The number of unbranched alkanes of at least 4 members (excludes halogenated alkanes) is 4. The van der Waals surface area contributed by atoms with Gasteiger partial charge in [-0.3, -0.25) is 0 Å². The van der Waals surface area contributed by atoms with Crippen LogP contribution in [0.3, 0.4) is 0 Å². The average Bonchev–Trinajstić information content (AvgIpc) is 3.33. The third-order valence-electron chi connectivity index (χ3n) is 10.6. The van der Waals surface area contributed by atoms with E-state index in [1.807, 2.05) is 0 Å². The van der Waals surface area contributed by atoms with E-state index in [1.54, 1.807) is 12.1 Å². The fraction of sp³-hybridized carbons (Fsp3) is 0.321. The SMILES string of the molecule is Nc1ccc(C(COC(=O)/C=C/c2ccc(OC(F)(F)c3ccc(OCCCCCC(F)(F)F)cc3)cc2)COC(=O)/C=C/c2ccc(OC(F)(F)c3ccc(OCCCCCC(F)(F)F)cc3)cc2)c(N)c1. The number of carbonyl (C=O) groups is 2. The zero-order valence-corrected chi connectivity index (χ0v) is 39.0. The number of hydrogen-bond donors (Lipinski definition) is 2. The van der Waals surface area contributed by atoms with Crippen LogP contribution in [0.5, 0.6) is 23.0 Å². The van der Waals surface area contributed by atoms with Crippen LogP contribution in [0.15, 0.2) is 127 Å². The number of esters is 2. The van der Waals surface area contributed by atoms with Crippen molar-refractivity contribution in [1.82, 2.24) is 0 Å². The summed E-state index contributed by atoms with van der Waals surface area (Å²) >= 11 is 0. The highest BCUT2D eigenvalue weighted by Crippen LogP contribution is 2.35. The fourth-order valence-corrected chi connectivity index (χ4v) is 6.77. The fourth-order valence-electron chi connectivity index (χ4n) is 6.77. The van der Waals surface area contributed by atoms with E-state index in [1.165, 1.54) is 91.0 Å². The molecule has 0 amide bonds. The lowest BCUT2D eigenvalue weighted by atomic mass is 9.98. The molecule has 5 aromatic carbocycles. The number of benzene rings is 5. The normalized spacial score (nSPS) is 12.3. The molecule has 392 valence electrons. The smallest absolute Gasteiger partial charge is 0.426 e. The van der Waals surface area contributed by atoms with E-state index in [0.29, 0.717) is 48.1 Å². The molecule has 0 unspecified atom stereocenters. The predicted octanol–water partition coefficient (Wildman–Crippen LogP) is 13.7. The number of anilines is 2. The molecule has 20 heteroatoms. The highest BCUT2D eigenvalue weighted by atomic mass is 19.4. The van der Waals surface area contributed by atoms with Gasteiger partial charge in [-0.15, -0.1) is 0 Å². The maximum Gasteiger partial charge on any atom is 0.426 e. The van der Waals surface area contributed by atoms with Crippen molar-refractivity contribution < 1.29 is 81.9 Å². The Hall–Kier alpha value is -7.38.